The monoisotopic (exact) mass is 1950 g/mol. The molecule has 15 aromatic carbocycles. The maximum Gasteiger partial charge on any atom is 0.417 e. The third-order valence-corrected chi connectivity index (χ3v) is 22.4. The summed E-state index contributed by atoms with van der Waals surface area (Å²) < 4.78 is 209. The Balaban J connectivity index is 0.977. The molecule has 2 heterocycles. The number of fused-ring (bicyclic) bond motifs is 2. The second kappa shape index (κ2) is 39.9. The lowest BCUT2D eigenvalue weighted by Gasteiger charge is -2.36. The van der Waals surface area contributed by atoms with Crippen molar-refractivity contribution in [3.8, 4) is 115 Å². The Bertz CT molecular complexity index is 7020. The molecule has 0 bridgehead atoms. The van der Waals surface area contributed by atoms with E-state index in [9.17, 15) is 58.7 Å². The van der Waals surface area contributed by atoms with Crippen LogP contribution in [0.25, 0.3) is 43.1 Å². The highest BCUT2D eigenvalue weighted by molar-refractivity contribution is 6.45. The number of carbonyl (C=O) groups is 10. The topological polar surface area (TPSA) is 312 Å². The van der Waals surface area contributed by atoms with Crippen molar-refractivity contribution in [2.45, 2.75) is 62.5 Å². The van der Waals surface area contributed by atoms with Gasteiger partial charge in [-0.05, 0) is 188 Å². The van der Waals surface area contributed by atoms with E-state index < -0.39 is 165 Å². The molecule has 0 aromatic heterocycles. The van der Waals surface area contributed by atoms with Gasteiger partial charge in [-0.3, -0.25) is 38.6 Å². The van der Waals surface area contributed by atoms with Crippen LogP contribution in [0, 0.1) is 0 Å². The number of hydrogen-bond acceptors (Lipinski definition) is 22. The van der Waals surface area contributed by atoms with Crippen LogP contribution >= 0.6 is 0 Å². The van der Waals surface area contributed by atoms with Crippen LogP contribution in [0.4, 0.5) is 39.5 Å². The molecule has 26 nitrogen and oxygen atoms in total. The highest BCUT2D eigenvalue weighted by Gasteiger charge is 2.59. The van der Waals surface area contributed by atoms with Crippen molar-refractivity contribution in [1.82, 2.24) is 20.4 Å². The summed E-state index contributed by atoms with van der Waals surface area (Å²) >= 11 is 0. The molecule has 2 N–H and O–H groups in total. The molecule has 2 aliphatic heterocycles. The predicted octanol–water partition coefficient (Wildman–Crippen LogP) is 23.5. The molecule has 15 aromatic rings. The van der Waals surface area contributed by atoms with E-state index in [1.165, 1.54) is 249 Å². The minimum atomic E-state index is -6.26. The van der Waals surface area contributed by atoms with Gasteiger partial charge in [0, 0.05) is 105 Å². The largest absolute Gasteiger partial charge is 0.457 e. The number of nitrogens with one attached hydrogen (secondary N) is 2. The Kier molecular flexibility index (Phi) is 26.8. The van der Waals surface area contributed by atoms with Crippen molar-refractivity contribution in [2.24, 2.45) is 0 Å². The zero-order valence-electron chi connectivity index (χ0n) is 74.2. The maximum absolute atomic E-state index is 16.8. The normalized spacial score (nSPS) is 13.0. The van der Waals surface area contributed by atoms with Gasteiger partial charge in [0.15, 0.2) is 0 Å². The predicted molar refractivity (Wildman–Crippen MR) is 500 cm³/mol. The van der Waals surface area contributed by atoms with Gasteiger partial charge >= 0.3 is 42.4 Å². The second-order valence-electron chi connectivity index (χ2n) is 32.0. The number of imide groups is 2. The second-order valence-corrected chi connectivity index (χ2v) is 32.0. The molecule has 0 radical (unpaired) electrons. The number of ether oxygens (including phenoxy) is 12. The first-order valence-electron chi connectivity index (χ1n) is 43.2. The number of esters is 4. The highest BCUT2D eigenvalue weighted by atomic mass is 19.4. The Hall–Kier alpha value is -18.6. The minimum Gasteiger partial charge on any atom is -0.457 e. The number of halogens is 9. The van der Waals surface area contributed by atoms with Crippen molar-refractivity contribution in [3.05, 3.63) is 363 Å². The standard InChI is InChI=1S/C108H71F9N4O22/c1-6-87(122)140-73-28-16-24-69(50-73)132-61-32-40-65(41-33-61)136-83-54-77-91-78(102(129)120(101(77)128)81(48-59-20-12-10-13-21-59)99(126)118-58(5)106(109,110)111)55-84(137-66-42-34-62(35-43-66)133-70-25-17-29-74(51-70)141-88(123)7-2)94-96-86(139-68-46-38-64(39-47-68)135-72-27-19-31-76(53-72)143-90(125)9-4)57-80-92-79(103(130)121(104(80)131)82(49-60-22-14-11-15-23-60)100(127)119-105(107(112,113)114)108(115,116)117)56-85(95(98(92)96)93(83)97(91)94)138-67-44-36-63(37-45-67)134-71-26-18-30-75(52-71)142-89(124)8-3/h6-47,50-58,81-82,105H,1-4,48-49H2,5H3,(H,118,126)(H,119,127). The van der Waals surface area contributed by atoms with E-state index in [1.807, 2.05) is 5.32 Å². The average molecular weight is 1950 g/mol. The van der Waals surface area contributed by atoms with Crippen LogP contribution < -0.4 is 67.5 Å². The molecule has 17 rings (SSSR count). The molecule has 718 valence electrons. The Morgan fingerprint density at radius 1 is 0.280 bits per heavy atom. The zero-order valence-corrected chi connectivity index (χ0v) is 74.2. The summed E-state index contributed by atoms with van der Waals surface area (Å²) in [5.41, 5.74) is -2.20. The fourth-order valence-electron chi connectivity index (χ4n) is 16.1. The van der Waals surface area contributed by atoms with Crippen LogP contribution in [-0.2, 0) is 41.6 Å². The summed E-state index contributed by atoms with van der Waals surface area (Å²) in [6.45, 7) is 14.4. The molecule has 0 aliphatic carbocycles. The summed E-state index contributed by atoms with van der Waals surface area (Å²) in [5.74, 6) is -14.2. The molecular formula is C108H71F9N4O22. The summed E-state index contributed by atoms with van der Waals surface area (Å²) in [6, 6.07) is 52.6. The maximum atomic E-state index is 16.8. The first-order valence-corrected chi connectivity index (χ1v) is 43.2. The van der Waals surface area contributed by atoms with Crippen molar-refractivity contribution >= 4 is 102 Å². The average Bonchev–Trinajstić information content (AvgIpc) is 0.668. The van der Waals surface area contributed by atoms with Gasteiger partial charge in [-0.2, -0.15) is 39.5 Å². The van der Waals surface area contributed by atoms with Crippen LogP contribution in [0.5, 0.6) is 115 Å². The Morgan fingerprint density at radius 2 is 0.510 bits per heavy atom. The van der Waals surface area contributed by atoms with Gasteiger partial charge in [-0.15, -0.1) is 0 Å². The molecule has 0 fully saturated rings. The van der Waals surface area contributed by atoms with E-state index in [0.717, 1.165) is 53.9 Å². The Labute approximate surface area is 803 Å². The number of hydrogen-bond donors (Lipinski definition) is 2. The number of rotatable bonds is 34. The first-order chi connectivity index (χ1) is 68.5. The quantitative estimate of drug-likeness (QED) is 0.00720. The van der Waals surface area contributed by atoms with E-state index >= 15 is 28.8 Å². The van der Waals surface area contributed by atoms with Crippen molar-refractivity contribution in [2.75, 3.05) is 0 Å². The third kappa shape index (κ3) is 20.9. The van der Waals surface area contributed by atoms with Crippen LogP contribution in [0.2, 0.25) is 0 Å². The number of amides is 6. The van der Waals surface area contributed by atoms with Crippen LogP contribution in [0.1, 0.15) is 59.5 Å². The molecule has 143 heavy (non-hydrogen) atoms. The van der Waals surface area contributed by atoms with E-state index in [-0.39, 0.29) is 146 Å². The number of alkyl halides is 9. The lowest BCUT2D eigenvalue weighted by Crippen LogP contribution is -2.61. The Morgan fingerprint density at radius 3 is 0.741 bits per heavy atom. The van der Waals surface area contributed by atoms with E-state index in [0.29, 0.717) is 11.8 Å². The molecule has 6 amide bonds. The van der Waals surface area contributed by atoms with Crippen LogP contribution in [0.15, 0.2) is 330 Å². The van der Waals surface area contributed by atoms with Crippen LogP contribution in [-0.4, -0.2) is 112 Å². The summed E-state index contributed by atoms with van der Waals surface area (Å²) in [4.78, 5) is 148. The molecule has 0 saturated carbocycles. The van der Waals surface area contributed by atoms with E-state index in [2.05, 4.69) is 26.3 Å². The first kappa shape index (κ1) is 96.1. The van der Waals surface area contributed by atoms with Gasteiger partial charge in [-0.25, -0.2) is 19.2 Å². The molecule has 0 saturated heterocycles. The number of benzene rings is 15. The SMILES string of the molecule is C=CC(=O)Oc1cccc(Oc2ccc(Oc3cc4c5c(cc(Oc6ccc(Oc7cccc(OC(=O)C=C)c7)cc6)c6c7c(Oc8ccc(Oc9cccc(OC(=O)C=C)c9)cc8)cc8c9c(cc(Oc%10ccc(Oc%11cccc(OC(=O)C=C)c%11)cc%10)c(c3c56)c97)C(=O)N(C(Cc3ccccc3)C(=O)NC(C(F)(F)F)C(F)(F)F)C8=O)C(=O)N(C(Cc3ccccc3)C(=O)NC(C)C(F)(F)F)C4=O)cc2)c1. The fraction of sp³-hybridized carbons (Fsp3) is 0.0926. The van der Waals surface area contributed by atoms with Crippen LogP contribution in [0.3, 0.4) is 0 Å². The van der Waals surface area contributed by atoms with Gasteiger partial charge in [0.2, 0.25) is 17.9 Å². The highest BCUT2D eigenvalue weighted by Crippen LogP contribution is 2.59. The van der Waals surface area contributed by atoms with Crippen molar-refractivity contribution in [1.29, 1.82) is 0 Å². The zero-order chi connectivity index (χ0) is 101. The molecule has 0 spiro atoms. The smallest absolute Gasteiger partial charge is 0.417 e. The van der Waals surface area contributed by atoms with Gasteiger partial charge < -0.3 is 67.5 Å². The molecule has 3 atom stereocenters. The number of nitrogens with zero attached hydrogens (tertiary/aromatic N) is 2. The summed E-state index contributed by atoms with van der Waals surface area (Å²) in [6.07, 6.45) is -15.5. The summed E-state index contributed by atoms with van der Waals surface area (Å²) in [7, 11) is 0. The lowest BCUT2D eigenvalue weighted by molar-refractivity contribution is -0.258. The minimum absolute atomic E-state index is 0.00963. The summed E-state index contributed by atoms with van der Waals surface area (Å²) in [5, 5.41) is 0.464. The lowest BCUT2D eigenvalue weighted by atomic mass is 9.80. The third-order valence-electron chi connectivity index (χ3n) is 22.4. The molecule has 35 heteroatoms. The molecule has 3 unspecified atom stereocenters. The molecular weight excluding hydrogens is 1880 g/mol. The van der Waals surface area contributed by atoms with E-state index in [1.54, 1.807) is 6.07 Å². The van der Waals surface area contributed by atoms with Gasteiger partial charge in [0.1, 0.15) is 133 Å². The van der Waals surface area contributed by atoms with Gasteiger partial charge in [0.25, 0.3) is 23.6 Å². The molecule has 2 aliphatic rings. The van der Waals surface area contributed by atoms with E-state index in [4.69, 9.17) is 56.8 Å². The fourth-order valence-corrected chi connectivity index (χ4v) is 16.1. The number of carbonyl (C=O) groups excluding carboxylic acids is 10. The van der Waals surface area contributed by atoms with Gasteiger partial charge in [-0.1, -0.05) is 111 Å². The van der Waals surface area contributed by atoms with Gasteiger partial charge in [0.05, 0.1) is 22.3 Å². The van der Waals surface area contributed by atoms with Crippen molar-refractivity contribution < 1.29 is 144 Å². The van der Waals surface area contributed by atoms with Crippen molar-refractivity contribution in [3.63, 3.8) is 0 Å².